The molecule has 2 aliphatic rings. The molecule has 0 radical (unpaired) electrons. The van der Waals surface area contributed by atoms with E-state index >= 15 is 0 Å². The largest absolute Gasteiger partial charge is 0.493 e. The van der Waals surface area contributed by atoms with Crippen molar-refractivity contribution in [2.75, 3.05) is 13.7 Å². The monoisotopic (exact) mass is 795 g/mol. The van der Waals surface area contributed by atoms with Crippen molar-refractivity contribution < 1.29 is 33.0 Å². The Labute approximate surface area is 346 Å². The zero-order valence-corrected chi connectivity index (χ0v) is 33.1. The van der Waals surface area contributed by atoms with Crippen molar-refractivity contribution >= 4 is 33.8 Å². The van der Waals surface area contributed by atoms with Crippen LogP contribution in [0.3, 0.4) is 0 Å². The Bertz CT molecular complexity index is 2870. The number of hydrogen-bond donors (Lipinski definition) is 0. The van der Waals surface area contributed by atoms with Crippen molar-refractivity contribution in [2.45, 2.75) is 44.1 Å². The number of ether oxygens (including phenoxy) is 4. The lowest BCUT2D eigenvalue weighted by molar-refractivity contribution is -0.137. The van der Waals surface area contributed by atoms with Gasteiger partial charge in [0.15, 0.2) is 11.5 Å². The first-order chi connectivity index (χ1) is 29.4. The minimum absolute atomic E-state index is 0.0167. The minimum Gasteiger partial charge on any atom is -0.493 e. The number of carbonyl (C=O) groups is 2. The van der Waals surface area contributed by atoms with Gasteiger partial charge in [-0.25, -0.2) is 14.7 Å². The van der Waals surface area contributed by atoms with Crippen molar-refractivity contribution in [3.05, 3.63) is 180 Å². The lowest BCUT2D eigenvalue weighted by atomic mass is 10.0. The maximum atomic E-state index is 14.8. The van der Waals surface area contributed by atoms with E-state index in [1.54, 1.807) is 7.11 Å². The second kappa shape index (κ2) is 15.1. The third-order valence-corrected chi connectivity index (χ3v) is 11.7. The summed E-state index contributed by atoms with van der Waals surface area (Å²) in [5.74, 6) is 2.49. The zero-order chi connectivity index (χ0) is 40.8. The summed E-state index contributed by atoms with van der Waals surface area (Å²) in [6.45, 7) is 2.76. The summed E-state index contributed by atoms with van der Waals surface area (Å²) in [5, 5.41) is 1.83. The fourth-order valence-corrected chi connectivity index (χ4v) is 8.61. The van der Waals surface area contributed by atoms with E-state index in [1.807, 2.05) is 140 Å². The van der Waals surface area contributed by atoms with Crippen molar-refractivity contribution in [3.63, 3.8) is 0 Å². The molecule has 2 amide bonds. The molecule has 2 aromatic heterocycles. The van der Waals surface area contributed by atoms with E-state index in [9.17, 15) is 9.59 Å². The molecule has 1 aliphatic heterocycles. The summed E-state index contributed by atoms with van der Waals surface area (Å²) in [4.78, 5) is 34.2. The Morgan fingerprint density at radius 3 is 2.32 bits per heavy atom. The molecule has 60 heavy (non-hydrogen) atoms. The van der Waals surface area contributed by atoms with E-state index in [0.717, 1.165) is 38.5 Å². The number of aromatic nitrogens is 2. The first kappa shape index (κ1) is 37.0. The molecule has 0 N–H and O–H groups in total. The number of imide groups is 1. The number of amides is 2. The number of cyclic esters (lactones) is 1. The van der Waals surface area contributed by atoms with E-state index in [0.29, 0.717) is 53.1 Å². The van der Waals surface area contributed by atoms with Crippen molar-refractivity contribution in [2.24, 2.45) is 0 Å². The summed E-state index contributed by atoms with van der Waals surface area (Å²) in [5.41, 5.74) is 5.48. The molecule has 10 rings (SSSR count). The molecule has 3 heterocycles. The number of carbonyl (C=O) groups excluding carboxylic acids is 2. The van der Waals surface area contributed by atoms with E-state index in [1.165, 1.54) is 4.90 Å². The van der Waals surface area contributed by atoms with Crippen LogP contribution in [0.4, 0.5) is 4.79 Å². The molecule has 10 heteroatoms. The van der Waals surface area contributed by atoms with Gasteiger partial charge < -0.3 is 27.9 Å². The molecule has 1 saturated heterocycles. The molecule has 6 aromatic carbocycles. The Kier molecular flexibility index (Phi) is 9.32. The summed E-state index contributed by atoms with van der Waals surface area (Å²) in [6, 6.07) is 49.1. The van der Waals surface area contributed by atoms with E-state index in [-0.39, 0.29) is 19.1 Å². The molecule has 1 spiro atoms. The number of nitrogens with zero attached hydrogens (tertiary/aromatic N) is 3. The Morgan fingerprint density at radius 1 is 0.817 bits per heavy atom. The van der Waals surface area contributed by atoms with Gasteiger partial charge in [-0.05, 0) is 66.9 Å². The van der Waals surface area contributed by atoms with Crippen molar-refractivity contribution in [3.8, 4) is 28.7 Å². The maximum Gasteiger partial charge on any atom is 0.417 e. The molecule has 10 nitrogen and oxygen atoms in total. The van der Waals surface area contributed by atoms with Crippen LogP contribution in [0.25, 0.3) is 33.3 Å². The fourth-order valence-electron chi connectivity index (χ4n) is 8.61. The van der Waals surface area contributed by atoms with Crippen LogP contribution in [0.15, 0.2) is 156 Å². The molecule has 0 bridgehead atoms. The summed E-state index contributed by atoms with van der Waals surface area (Å²) < 4.78 is 32.7. The number of oxazole rings is 1. The highest BCUT2D eigenvalue weighted by molar-refractivity contribution is 6.11. The van der Waals surface area contributed by atoms with Crippen LogP contribution in [-0.2, 0) is 22.7 Å². The van der Waals surface area contributed by atoms with Gasteiger partial charge in [-0.15, -0.1) is 0 Å². The van der Waals surface area contributed by atoms with Gasteiger partial charge >= 0.3 is 6.09 Å². The minimum atomic E-state index is -1.11. The van der Waals surface area contributed by atoms with Crippen LogP contribution in [0.2, 0.25) is 0 Å². The predicted octanol–water partition coefficient (Wildman–Crippen LogP) is 10.4. The third-order valence-electron chi connectivity index (χ3n) is 11.7. The van der Waals surface area contributed by atoms with E-state index in [4.69, 9.17) is 23.4 Å². The van der Waals surface area contributed by atoms with Gasteiger partial charge in [0.2, 0.25) is 12.0 Å². The Balaban J connectivity index is 0.955. The van der Waals surface area contributed by atoms with Gasteiger partial charge in [0.05, 0.1) is 18.2 Å². The van der Waals surface area contributed by atoms with Gasteiger partial charge in [-0.2, -0.15) is 0 Å². The second-order valence-corrected chi connectivity index (χ2v) is 15.3. The molecule has 1 unspecified atom stereocenters. The third kappa shape index (κ3) is 6.50. The number of methoxy groups -OCH3 is 1. The number of hydrogen-bond acceptors (Lipinski definition) is 8. The molecule has 298 valence electrons. The molecule has 3 atom stereocenters. The lowest BCUT2D eigenvalue weighted by Gasteiger charge is -2.27. The van der Waals surface area contributed by atoms with Gasteiger partial charge in [-0.1, -0.05) is 109 Å². The zero-order valence-electron chi connectivity index (χ0n) is 33.1. The Morgan fingerprint density at radius 2 is 1.53 bits per heavy atom. The Hall–Kier alpha value is -7.33. The number of aryl methyl sites for hydroxylation is 1. The molecule has 8 aromatic rings. The van der Waals surface area contributed by atoms with Crippen LogP contribution in [0, 0.1) is 6.92 Å². The van der Waals surface area contributed by atoms with Gasteiger partial charge in [-0.3, -0.25) is 4.79 Å². The van der Waals surface area contributed by atoms with Crippen LogP contribution >= 0.6 is 0 Å². The topological polar surface area (TPSA) is 105 Å². The van der Waals surface area contributed by atoms with E-state index in [2.05, 4.69) is 27.8 Å². The second-order valence-electron chi connectivity index (χ2n) is 15.3. The summed E-state index contributed by atoms with van der Waals surface area (Å²) >= 11 is 0. The van der Waals surface area contributed by atoms with Crippen molar-refractivity contribution in [1.29, 1.82) is 0 Å². The van der Waals surface area contributed by atoms with Gasteiger partial charge in [0.1, 0.15) is 30.4 Å². The summed E-state index contributed by atoms with van der Waals surface area (Å²) in [7, 11) is 1.63. The molecular weight excluding hydrogens is 755 g/mol. The van der Waals surface area contributed by atoms with Gasteiger partial charge in [0, 0.05) is 39.9 Å². The quantitative estimate of drug-likeness (QED) is 0.120. The average Bonchev–Trinajstić information content (AvgIpc) is 3.55. The first-order valence-electron chi connectivity index (χ1n) is 20.0. The average molecular weight is 796 g/mol. The SMILES string of the molecule is COc1cc(Cn2c3ccccc3c3c(OC(C(=O)N4C(=O)OC[C@]45C[C@H]5c4ccccc4)c4ccccc4)cccc32)ccc1OCc1nc(-c2ccccc2)oc1C. The number of benzene rings is 6. The predicted molar refractivity (Wildman–Crippen MR) is 227 cm³/mol. The van der Waals surface area contributed by atoms with Crippen molar-refractivity contribution in [1.82, 2.24) is 14.5 Å². The van der Waals surface area contributed by atoms with Crippen LogP contribution < -0.4 is 14.2 Å². The van der Waals surface area contributed by atoms with Gasteiger partial charge in [0.25, 0.3) is 5.91 Å². The number of para-hydroxylation sites is 1. The molecule has 1 saturated carbocycles. The van der Waals surface area contributed by atoms with Crippen LogP contribution in [-0.4, -0.2) is 45.7 Å². The van der Waals surface area contributed by atoms with E-state index < -0.39 is 23.6 Å². The van der Waals surface area contributed by atoms with Crippen LogP contribution in [0.5, 0.6) is 17.2 Å². The maximum absolute atomic E-state index is 14.8. The highest BCUT2D eigenvalue weighted by Gasteiger charge is 2.67. The lowest BCUT2D eigenvalue weighted by Crippen LogP contribution is -2.45. The highest BCUT2D eigenvalue weighted by Crippen LogP contribution is 2.58. The fraction of sp³-hybridized carbons (Fsp3) is 0.180. The molecule has 2 fully saturated rings. The number of rotatable bonds is 12. The smallest absolute Gasteiger partial charge is 0.417 e. The number of fused-ring (bicyclic) bond motifs is 3. The summed E-state index contributed by atoms with van der Waals surface area (Å²) in [6.07, 6.45) is -1.12. The first-order valence-corrected chi connectivity index (χ1v) is 20.0. The van der Waals surface area contributed by atoms with Crippen LogP contribution in [0.1, 0.15) is 46.6 Å². The normalized spacial score (nSPS) is 17.5. The standard InChI is InChI=1S/C50H41N3O7/c1-32-39(51-47(59-32)36-19-10-5-11-20-36)30-57-42-26-25-33(27-44(42)56-2)29-52-40-22-13-12-21-37(40)45-41(52)23-14-24-43(45)60-46(35-17-8-4-9-18-35)48(54)53-49(55)58-31-50(53)28-38(50)34-15-6-3-7-16-34/h3-27,38,46H,28-31H2,1-2H3/t38-,46?,50-/m0/s1. The molecule has 1 aliphatic carbocycles. The highest BCUT2D eigenvalue weighted by atomic mass is 16.6. The molecular formula is C50H41N3O7.